The molecule has 0 heterocycles. The van der Waals surface area contributed by atoms with E-state index < -0.39 is 0 Å². The Labute approximate surface area is 147 Å². The van der Waals surface area contributed by atoms with E-state index in [-0.39, 0.29) is 0 Å². The highest BCUT2D eigenvalue weighted by molar-refractivity contribution is 9.10. The van der Waals surface area contributed by atoms with E-state index in [1.807, 2.05) is 40.3 Å². The summed E-state index contributed by atoms with van der Waals surface area (Å²) in [6.45, 7) is 0. The minimum absolute atomic E-state index is 0.845. The summed E-state index contributed by atoms with van der Waals surface area (Å²) in [5.41, 5.74) is 4.44. The Morgan fingerprint density at radius 2 is 1.39 bits per heavy atom. The van der Waals surface area contributed by atoms with E-state index in [1.165, 1.54) is 0 Å². The Morgan fingerprint density at radius 3 is 1.96 bits per heavy atom. The van der Waals surface area contributed by atoms with Crippen LogP contribution in [0.3, 0.4) is 0 Å². The van der Waals surface area contributed by atoms with Gasteiger partial charge in [-0.25, -0.2) is 0 Å². The van der Waals surface area contributed by atoms with Gasteiger partial charge in [0.2, 0.25) is 0 Å². The first-order chi connectivity index (χ1) is 10.8. The van der Waals surface area contributed by atoms with Crippen molar-refractivity contribution in [3.05, 3.63) is 40.9 Å². The van der Waals surface area contributed by atoms with Gasteiger partial charge in [0.25, 0.3) is 0 Å². The maximum atomic E-state index is 5.45. The smallest absolute Gasteiger partial charge is 0.123 e. The van der Waals surface area contributed by atoms with Gasteiger partial charge in [0.1, 0.15) is 5.75 Å². The van der Waals surface area contributed by atoms with Gasteiger partial charge in [-0.2, -0.15) is 0 Å². The van der Waals surface area contributed by atoms with Crippen molar-refractivity contribution in [2.45, 2.75) is 0 Å². The highest BCUT2D eigenvalue weighted by Gasteiger charge is 2.12. The van der Waals surface area contributed by atoms with E-state index in [0.717, 1.165) is 33.0 Å². The Balaban J connectivity index is 2.49. The second kappa shape index (κ2) is 7.13. The topological polar surface area (TPSA) is 19.0 Å². The summed E-state index contributed by atoms with van der Waals surface area (Å²) in [4.78, 5) is 6.33. The van der Waals surface area contributed by atoms with E-state index in [2.05, 4.69) is 61.9 Å². The molecule has 0 aliphatic heterocycles. The largest absolute Gasteiger partial charge is 0.497 e. The van der Waals surface area contributed by atoms with Crippen molar-refractivity contribution in [2.24, 2.45) is 0 Å². The quantitative estimate of drug-likeness (QED) is 0.770. The zero-order valence-electron chi connectivity index (χ0n) is 14.6. The number of ether oxygens (including phenoxy) is 1. The lowest BCUT2D eigenvalue weighted by Gasteiger charge is -2.25. The van der Waals surface area contributed by atoms with Crippen LogP contribution in [0.15, 0.2) is 40.9 Å². The molecule has 23 heavy (non-hydrogen) atoms. The van der Waals surface area contributed by atoms with Crippen LogP contribution in [0.1, 0.15) is 0 Å². The lowest BCUT2D eigenvalue weighted by atomic mass is 10.2. The summed E-state index contributed by atoms with van der Waals surface area (Å²) in [7, 11) is 11.9. The third-order valence-electron chi connectivity index (χ3n) is 3.82. The van der Waals surface area contributed by atoms with Crippen molar-refractivity contribution >= 4 is 38.7 Å². The van der Waals surface area contributed by atoms with Gasteiger partial charge in [-0.05, 0) is 40.2 Å². The number of hydrogen-bond acceptors (Lipinski definition) is 4. The van der Waals surface area contributed by atoms with Gasteiger partial charge in [0.15, 0.2) is 0 Å². The molecule has 0 fully saturated rings. The molecule has 2 aromatic carbocycles. The lowest BCUT2D eigenvalue weighted by Crippen LogP contribution is -2.14. The predicted octanol–water partition coefficient (Wildman–Crippen LogP) is 4.36. The number of benzene rings is 2. The van der Waals surface area contributed by atoms with E-state index in [4.69, 9.17) is 4.74 Å². The Morgan fingerprint density at radius 1 is 0.783 bits per heavy atom. The second-order valence-corrected chi connectivity index (χ2v) is 6.73. The lowest BCUT2D eigenvalue weighted by molar-refractivity contribution is 0.415. The molecule has 0 unspecified atom stereocenters. The molecule has 0 atom stereocenters. The van der Waals surface area contributed by atoms with Gasteiger partial charge in [-0.3, -0.25) is 0 Å². The summed E-state index contributed by atoms with van der Waals surface area (Å²) in [5, 5.41) is 0. The Bertz CT molecular complexity index is 686. The average molecular weight is 378 g/mol. The van der Waals surface area contributed by atoms with E-state index in [0.29, 0.717) is 0 Å². The van der Waals surface area contributed by atoms with Crippen LogP contribution < -0.4 is 19.4 Å². The first-order valence-corrected chi connectivity index (χ1v) is 8.19. The van der Waals surface area contributed by atoms with Crippen LogP contribution in [-0.2, 0) is 0 Å². The molecule has 2 rings (SSSR count). The number of methoxy groups -OCH3 is 1. The summed E-state index contributed by atoms with van der Waals surface area (Å²) < 4.78 is 6.51. The molecule has 0 saturated heterocycles. The fourth-order valence-electron chi connectivity index (χ4n) is 2.31. The molecule has 4 nitrogen and oxygen atoms in total. The number of rotatable bonds is 5. The highest BCUT2D eigenvalue weighted by atomic mass is 79.9. The van der Waals surface area contributed by atoms with E-state index in [9.17, 15) is 0 Å². The average Bonchev–Trinajstić information content (AvgIpc) is 2.53. The van der Waals surface area contributed by atoms with Crippen molar-refractivity contribution < 1.29 is 4.74 Å². The summed E-state index contributed by atoms with van der Waals surface area (Å²) in [6, 6.07) is 12.6. The molecule has 0 aliphatic rings. The second-order valence-electron chi connectivity index (χ2n) is 5.87. The first-order valence-electron chi connectivity index (χ1n) is 7.40. The van der Waals surface area contributed by atoms with Gasteiger partial charge in [-0.1, -0.05) is 0 Å². The molecular formula is C18H24BrN3O. The highest BCUT2D eigenvalue weighted by Crippen LogP contribution is 2.36. The molecule has 0 aromatic heterocycles. The molecule has 0 aliphatic carbocycles. The minimum Gasteiger partial charge on any atom is -0.497 e. The van der Waals surface area contributed by atoms with Crippen LogP contribution in [0, 0.1) is 0 Å². The first kappa shape index (κ1) is 17.5. The van der Waals surface area contributed by atoms with Crippen molar-refractivity contribution in [2.75, 3.05) is 57.0 Å². The van der Waals surface area contributed by atoms with Crippen molar-refractivity contribution in [3.63, 3.8) is 0 Å². The molecule has 0 radical (unpaired) electrons. The molecule has 2 aromatic rings. The monoisotopic (exact) mass is 377 g/mol. The summed E-state index contributed by atoms with van der Waals surface area (Å²) >= 11 is 3.66. The zero-order chi connectivity index (χ0) is 17.1. The summed E-state index contributed by atoms with van der Waals surface area (Å²) in [6.07, 6.45) is 0. The van der Waals surface area contributed by atoms with Crippen molar-refractivity contribution in [1.29, 1.82) is 0 Å². The number of halogens is 1. The van der Waals surface area contributed by atoms with Crippen LogP contribution >= 0.6 is 15.9 Å². The molecule has 0 N–H and O–H groups in total. The standard InChI is InChI=1S/C18H24BrN3O/c1-20(2)13-7-8-17(19)18(12-13)22(5)15-9-14(21(3)4)10-16(11-15)23-6/h7-12H,1-6H3. The van der Waals surface area contributed by atoms with Crippen LogP contribution in [0.5, 0.6) is 5.75 Å². The fourth-order valence-corrected chi connectivity index (χ4v) is 2.83. The van der Waals surface area contributed by atoms with Crippen LogP contribution in [0.2, 0.25) is 0 Å². The molecule has 0 spiro atoms. The van der Waals surface area contributed by atoms with E-state index >= 15 is 0 Å². The van der Waals surface area contributed by atoms with E-state index in [1.54, 1.807) is 7.11 Å². The third kappa shape index (κ3) is 3.91. The van der Waals surface area contributed by atoms with Crippen molar-refractivity contribution in [3.8, 4) is 5.75 Å². The molecule has 0 saturated carbocycles. The molecule has 124 valence electrons. The zero-order valence-corrected chi connectivity index (χ0v) is 16.2. The number of hydrogen-bond donors (Lipinski definition) is 0. The minimum atomic E-state index is 0.845. The predicted molar refractivity (Wildman–Crippen MR) is 104 cm³/mol. The van der Waals surface area contributed by atoms with Gasteiger partial charge in [-0.15, -0.1) is 0 Å². The van der Waals surface area contributed by atoms with Crippen molar-refractivity contribution in [1.82, 2.24) is 0 Å². The summed E-state index contributed by atoms with van der Waals surface area (Å²) in [5.74, 6) is 0.845. The Kier molecular flexibility index (Phi) is 5.42. The van der Waals surface area contributed by atoms with Gasteiger partial charge in [0.05, 0.1) is 12.8 Å². The van der Waals surface area contributed by atoms with Crippen LogP contribution in [0.4, 0.5) is 22.7 Å². The van der Waals surface area contributed by atoms with Gasteiger partial charge < -0.3 is 19.4 Å². The molecule has 5 heteroatoms. The normalized spacial score (nSPS) is 10.4. The maximum Gasteiger partial charge on any atom is 0.123 e. The number of nitrogens with zero attached hydrogens (tertiary/aromatic N) is 3. The number of anilines is 4. The maximum absolute atomic E-state index is 5.45. The molecular weight excluding hydrogens is 354 g/mol. The SMILES string of the molecule is COc1cc(N(C)C)cc(N(C)c2cc(N(C)C)ccc2Br)c1. The molecule has 0 amide bonds. The molecule has 0 bridgehead atoms. The van der Waals surface area contributed by atoms with Gasteiger partial charge in [0, 0.05) is 68.9 Å². The van der Waals surface area contributed by atoms with Crippen LogP contribution in [0.25, 0.3) is 0 Å². The third-order valence-corrected chi connectivity index (χ3v) is 4.49. The van der Waals surface area contributed by atoms with Crippen LogP contribution in [-0.4, -0.2) is 42.3 Å². The van der Waals surface area contributed by atoms with Gasteiger partial charge >= 0.3 is 0 Å². The Hall–Kier alpha value is -1.88. The fraction of sp³-hybridized carbons (Fsp3) is 0.333.